The van der Waals surface area contributed by atoms with Crippen molar-refractivity contribution in [2.24, 2.45) is 0 Å². The van der Waals surface area contributed by atoms with Crippen molar-refractivity contribution in [1.29, 1.82) is 5.26 Å². The van der Waals surface area contributed by atoms with Gasteiger partial charge in [-0.05, 0) is 131 Å². The first-order valence-electron chi connectivity index (χ1n) is 19.8. The first-order chi connectivity index (χ1) is 29.6. The Balaban J connectivity index is 1.06. The fraction of sp³-hybridized carbons (Fsp3) is 0. The van der Waals surface area contributed by atoms with Crippen molar-refractivity contribution in [3.63, 3.8) is 0 Å². The van der Waals surface area contributed by atoms with E-state index in [-0.39, 0.29) is 0 Å². The zero-order valence-corrected chi connectivity index (χ0v) is 32.6. The molecule has 10 rings (SSSR count). The van der Waals surface area contributed by atoms with Gasteiger partial charge in [-0.2, -0.15) is 5.26 Å². The van der Waals surface area contributed by atoms with Crippen molar-refractivity contribution in [1.82, 2.24) is 0 Å². The largest absolute Gasteiger partial charge is 0.456 e. The molecule has 2 heterocycles. The predicted octanol–water partition coefficient (Wildman–Crippen LogP) is 15.6. The van der Waals surface area contributed by atoms with E-state index in [1.165, 1.54) is 0 Å². The summed E-state index contributed by atoms with van der Waals surface area (Å²) >= 11 is 0. The Morgan fingerprint density at radius 1 is 0.417 bits per heavy atom. The number of para-hydroxylation sites is 2. The molecule has 5 nitrogen and oxygen atoms in total. The lowest BCUT2D eigenvalue weighted by molar-refractivity contribution is 0.480. The maximum Gasteiger partial charge on any atom is 0.137 e. The van der Waals surface area contributed by atoms with E-state index < -0.39 is 0 Å². The van der Waals surface area contributed by atoms with Crippen molar-refractivity contribution < 1.29 is 9.47 Å². The molecule has 0 spiro atoms. The summed E-state index contributed by atoms with van der Waals surface area (Å²) < 4.78 is 13.6. The predicted molar refractivity (Wildman–Crippen MR) is 248 cm³/mol. The molecule has 284 valence electrons. The number of benzene rings is 8. The summed E-state index contributed by atoms with van der Waals surface area (Å²) in [6.45, 7) is 7.73. The molecular weight excluding hydrogens is 735 g/mol. The molecule has 8 aromatic rings. The van der Waals surface area contributed by atoms with Gasteiger partial charge >= 0.3 is 0 Å². The molecule has 0 unspecified atom stereocenters. The molecule has 0 bridgehead atoms. The fourth-order valence-corrected chi connectivity index (χ4v) is 8.28. The minimum Gasteiger partial charge on any atom is -0.456 e. The number of allylic oxidation sites excluding steroid dienone is 4. The number of nitriles is 1. The first-order valence-corrected chi connectivity index (χ1v) is 19.8. The highest BCUT2D eigenvalue weighted by atomic mass is 16.5. The van der Waals surface area contributed by atoms with Crippen molar-refractivity contribution in [2.75, 3.05) is 9.80 Å². The molecule has 0 amide bonds. The van der Waals surface area contributed by atoms with Crippen LogP contribution < -0.4 is 19.3 Å². The minimum absolute atomic E-state index is 0.594. The summed E-state index contributed by atoms with van der Waals surface area (Å²) in [6.07, 6.45) is 11.5. The van der Waals surface area contributed by atoms with E-state index >= 15 is 0 Å². The van der Waals surface area contributed by atoms with E-state index in [9.17, 15) is 5.26 Å². The van der Waals surface area contributed by atoms with Gasteiger partial charge in [-0.1, -0.05) is 92.1 Å². The summed E-state index contributed by atoms with van der Waals surface area (Å²) in [5.41, 5.74) is 12.8. The lowest BCUT2D eigenvalue weighted by atomic mass is 9.88. The third kappa shape index (κ3) is 6.30. The van der Waals surface area contributed by atoms with Gasteiger partial charge in [0.15, 0.2) is 0 Å². The summed E-state index contributed by atoms with van der Waals surface area (Å²) in [5, 5.41) is 11.7. The second-order valence-electron chi connectivity index (χ2n) is 14.5. The van der Waals surface area contributed by atoms with Crippen LogP contribution in [0.1, 0.15) is 16.7 Å². The van der Waals surface area contributed by atoms with Crippen molar-refractivity contribution in [3.05, 3.63) is 218 Å². The topological polar surface area (TPSA) is 48.7 Å². The normalized spacial score (nSPS) is 11.9. The van der Waals surface area contributed by atoms with Gasteiger partial charge in [0.1, 0.15) is 23.0 Å². The smallest absolute Gasteiger partial charge is 0.137 e. The molecule has 0 N–H and O–H groups in total. The monoisotopic (exact) mass is 771 g/mol. The molecule has 60 heavy (non-hydrogen) atoms. The van der Waals surface area contributed by atoms with Gasteiger partial charge < -0.3 is 19.3 Å². The van der Waals surface area contributed by atoms with Crippen molar-refractivity contribution in [3.8, 4) is 51.3 Å². The third-order valence-corrected chi connectivity index (χ3v) is 11.0. The van der Waals surface area contributed by atoms with E-state index in [1.807, 2.05) is 60.7 Å². The van der Waals surface area contributed by atoms with Crippen molar-refractivity contribution >= 4 is 57.0 Å². The number of anilines is 6. The number of fused-ring (bicyclic) bond motifs is 4. The average molecular weight is 772 g/mol. The average Bonchev–Trinajstić information content (AvgIpc) is 3.30. The zero-order valence-electron chi connectivity index (χ0n) is 32.6. The molecule has 0 aromatic heterocycles. The number of hydrogen-bond donors (Lipinski definition) is 0. The van der Waals surface area contributed by atoms with Crippen LogP contribution in [0.15, 0.2) is 201 Å². The molecule has 0 saturated heterocycles. The summed E-state index contributed by atoms with van der Waals surface area (Å²) in [7, 11) is 0. The first kappa shape index (κ1) is 36.0. The van der Waals surface area contributed by atoms with Gasteiger partial charge in [0.2, 0.25) is 0 Å². The van der Waals surface area contributed by atoms with Crippen LogP contribution in [0.5, 0.6) is 23.0 Å². The molecule has 8 aromatic carbocycles. The van der Waals surface area contributed by atoms with Gasteiger partial charge in [-0.25, -0.2) is 0 Å². The van der Waals surface area contributed by atoms with Crippen LogP contribution in [0.2, 0.25) is 0 Å². The molecule has 0 aliphatic carbocycles. The number of ether oxygens (including phenoxy) is 2. The van der Waals surface area contributed by atoms with Gasteiger partial charge in [-0.15, -0.1) is 0 Å². The Morgan fingerprint density at radius 2 is 0.850 bits per heavy atom. The Bertz CT molecular complexity index is 3050. The van der Waals surface area contributed by atoms with Crippen LogP contribution in [0, 0.1) is 11.3 Å². The van der Waals surface area contributed by atoms with Gasteiger partial charge in [0.25, 0.3) is 0 Å². The second kappa shape index (κ2) is 15.2. The van der Waals surface area contributed by atoms with E-state index in [0.29, 0.717) is 5.56 Å². The molecule has 5 heteroatoms. The third-order valence-electron chi connectivity index (χ3n) is 11.0. The lowest BCUT2D eigenvalue weighted by Gasteiger charge is -2.30. The Hall–Kier alpha value is -8.33. The highest BCUT2D eigenvalue weighted by Gasteiger charge is 2.29. The van der Waals surface area contributed by atoms with Crippen LogP contribution in [0.25, 0.3) is 45.2 Å². The maximum atomic E-state index is 9.59. The SMILES string of the molecule is C=CC=Cc1ccc(N(c2ccc(C#N)cc2)c2ccc3c(c2)Oc2ccc4c5c(ccc-3c25)Oc2cc(N(c3ccccc3)c3ccccc3)ccc2-4)cc1C=CC=C. The second-order valence-corrected chi connectivity index (χ2v) is 14.5. The van der Waals surface area contributed by atoms with E-state index in [4.69, 9.17) is 9.47 Å². The number of rotatable bonds is 10. The van der Waals surface area contributed by atoms with Gasteiger partial charge in [0.05, 0.1) is 11.6 Å². The standard InChI is InChI=1S/C55H37N3O2/c1-3-5-13-38-21-24-43(33-39(38)14-6-4-2)58(42-22-19-37(36-56)20-23-42)45-26-28-47-49-30-31-50-54-48(29-32-51(55(49)54)60-53(47)35-45)46-27-25-44(34-52(46)59-50)57(40-15-9-7-10-16-40)41-17-11-8-12-18-41/h3-35H,1-2H2. The van der Waals surface area contributed by atoms with Gasteiger partial charge in [0, 0.05) is 68.2 Å². The molecule has 2 aliphatic rings. The zero-order chi connectivity index (χ0) is 40.6. The highest BCUT2D eigenvalue weighted by Crippen LogP contribution is 2.56. The summed E-state index contributed by atoms with van der Waals surface area (Å²) in [5.74, 6) is 3.13. The lowest BCUT2D eigenvalue weighted by Crippen LogP contribution is -2.11. The Morgan fingerprint density at radius 3 is 1.37 bits per heavy atom. The Labute approximate surface area is 349 Å². The van der Waals surface area contributed by atoms with E-state index in [0.717, 1.165) is 101 Å². The fourth-order valence-electron chi connectivity index (χ4n) is 8.28. The molecule has 0 atom stereocenters. The summed E-state index contributed by atoms with van der Waals surface area (Å²) in [4.78, 5) is 4.43. The van der Waals surface area contributed by atoms with Crippen LogP contribution >= 0.6 is 0 Å². The summed E-state index contributed by atoms with van der Waals surface area (Å²) in [6, 6.07) is 58.3. The molecule has 2 aliphatic heterocycles. The Kier molecular flexibility index (Phi) is 9.13. The minimum atomic E-state index is 0.594. The van der Waals surface area contributed by atoms with Gasteiger partial charge in [-0.3, -0.25) is 0 Å². The van der Waals surface area contributed by atoms with Crippen molar-refractivity contribution in [2.45, 2.75) is 0 Å². The quantitative estimate of drug-likeness (QED) is 0.130. The number of nitrogens with zero attached hydrogens (tertiary/aromatic N) is 3. The molecule has 0 radical (unpaired) electrons. The highest BCUT2D eigenvalue weighted by molar-refractivity contribution is 6.14. The van der Waals surface area contributed by atoms with E-state index in [1.54, 1.807) is 12.2 Å². The van der Waals surface area contributed by atoms with Crippen LogP contribution in [0.4, 0.5) is 34.1 Å². The number of hydrogen-bond acceptors (Lipinski definition) is 5. The molecule has 0 saturated carbocycles. The molecular formula is C55H37N3O2. The molecule has 0 fully saturated rings. The van der Waals surface area contributed by atoms with E-state index in [2.05, 4.69) is 156 Å². The van der Waals surface area contributed by atoms with Crippen LogP contribution in [-0.2, 0) is 0 Å². The maximum absolute atomic E-state index is 9.59. The van der Waals surface area contributed by atoms with Crippen LogP contribution in [0.3, 0.4) is 0 Å². The van der Waals surface area contributed by atoms with Crippen LogP contribution in [-0.4, -0.2) is 0 Å².